The largest absolute Gasteiger partial charge is 0.427 e. The maximum atomic E-state index is 12.9. The molecule has 0 atom stereocenters. The minimum absolute atomic E-state index is 0.219. The Labute approximate surface area is 175 Å². The number of fused-ring (bicyclic) bond motifs is 1. The molecule has 0 saturated carbocycles. The molecule has 4 rings (SSSR count). The van der Waals surface area contributed by atoms with Crippen molar-refractivity contribution in [1.82, 2.24) is 3.97 Å². The Morgan fingerprint density at radius 3 is 2.30 bits per heavy atom. The first-order valence-electron chi connectivity index (χ1n) is 9.70. The first-order valence-corrected chi connectivity index (χ1v) is 11.1. The predicted molar refractivity (Wildman–Crippen MR) is 116 cm³/mol. The van der Waals surface area contributed by atoms with Gasteiger partial charge in [-0.25, -0.2) is 12.4 Å². The standard InChI is InChI=1S/C24H21NO4S/c26-24(13-7-10-19-8-3-1-4-9-19)29-21-14-15-23-20(18-21)16-17-25(23)30(27,28)22-11-5-2-6-12-22/h1-6,8-9,11-12,14-18H,7,10,13H2. The zero-order chi connectivity index (χ0) is 21.0. The molecule has 0 aliphatic carbocycles. The van der Waals surface area contributed by atoms with Crippen LogP contribution in [-0.2, 0) is 21.2 Å². The fourth-order valence-electron chi connectivity index (χ4n) is 3.34. The van der Waals surface area contributed by atoms with Crippen LogP contribution in [-0.4, -0.2) is 18.4 Å². The minimum atomic E-state index is -3.69. The summed E-state index contributed by atoms with van der Waals surface area (Å²) in [5.41, 5.74) is 1.72. The second-order valence-corrected chi connectivity index (χ2v) is 8.78. The van der Waals surface area contributed by atoms with E-state index in [1.807, 2.05) is 30.3 Å². The van der Waals surface area contributed by atoms with Crippen molar-refractivity contribution >= 4 is 26.9 Å². The van der Waals surface area contributed by atoms with Crippen LogP contribution in [0.3, 0.4) is 0 Å². The van der Waals surface area contributed by atoms with E-state index in [1.54, 1.807) is 54.6 Å². The lowest BCUT2D eigenvalue weighted by atomic mass is 10.1. The Morgan fingerprint density at radius 2 is 1.57 bits per heavy atom. The Hall–Kier alpha value is -3.38. The molecule has 5 nitrogen and oxygen atoms in total. The summed E-state index contributed by atoms with van der Waals surface area (Å²) in [4.78, 5) is 12.4. The predicted octanol–water partition coefficient (Wildman–Crippen LogP) is 4.81. The third-order valence-corrected chi connectivity index (χ3v) is 6.55. The Bertz CT molecular complexity index is 1260. The van der Waals surface area contributed by atoms with Gasteiger partial charge < -0.3 is 4.74 Å². The highest BCUT2D eigenvalue weighted by molar-refractivity contribution is 7.90. The third-order valence-electron chi connectivity index (χ3n) is 4.85. The number of esters is 1. The summed E-state index contributed by atoms with van der Waals surface area (Å²) in [7, 11) is -3.69. The Balaban J connectivity index is 1.45. The molecule has 0 bridgehead atoms. The molecule has 0 amide bonds. The van der Waals surface area contributed by atoms with Crippen LogP contribution in [0, 0.1) is 0 Å². The van der Waals surface area contributed by atoms with Crippen LogP contribution in [0.15, 0.2) is 96.0 Å². The molecule has 3 aromatic carbocycles. The van der Waals surface area contributed by atoms with Crippen molar-refractivity contribution in [2.45, 2.75) is 24.2 Å². The number of aryl methyl sites for hydroxylation is 1. The third kappa shape index (κ3) is 4.28. The molecule has 0 radical (unpaired) electrons. The lowest BCUT2D eigenvalue weighted by Gasteiger charge is -2.08. The van der Waals surface area contributed by atoms with E-state index >= 15 is 0 Å². The van der Waals surface area contributed by atoms with Crippen molar-refractivity contribution < 1.29 is 17.9 Å². The zero-order valence-corrected chi connectivity index (χ0v) is 17.1. The highest BCUT2D eigenvalue weighted by Gasteiger charge is 2.18. The molecule has 6 heteroatoms. The van der Waals surface area contributed by atoms with Gasteiger partial charge in [-0.3, -0.25) is 4.79 Å². The molecule has 0 saturated heterocycles. The van der Waals surface area contributed by atoms with Gasteiger partial charge in [0.1, 0.15) is 5.75 Å². The van der Waals surface area contributed by atoms with Gasteiger partial charge in [0, 0.05) is 18.0 Å². The van der Waals surface area contributed by atoms with E-state index in [0.717, 1.165) is 6.42 Å². The second-order valence-electron chi connectivity index (χ2n) is 6.96. The summed E-state index contributed by atoms with van der Waals surface area (Å²) < 4.78 is 32.5. The van der Waals surface area contributed by atoms with Crippen LogP contribution in [0.25, 0.3) is 10.9 Å². The Kier molecular flexibility index (Phi) is 5.68. The summed E-state index contributed by atoms with van der Waals surface area (Å²) >= 11 is 0. The zero-order valence-electron chi connectivity index (χ0n) is 16.3. The SMILES string of the molecule is O=C(CCCc1ccccc1)Oc1ccc2c(ccn2S(=O)(=O)c2ccccc2)c1. The lowest BCUT2D eigenvalue weighted by molar-refractivity contribution is -0.134. The molecule has 152 valence electrons. The number of carbonyl (C=O) groups excluding carboxylic acids is 1. The maximum Gasteiger partial charge on any atom is 0.311 e. The van der Waals surface area contributed by atoms with E-state index in [1.165, 1.54) is 15.7 Å². The molecule has 0 N–H and O–H groups in total. The van der Waals surface area contributed by atoms with Gasteiger partial charge in [-0.15, -0.1) is 0 Å². The normalized spacial score (nSPS) is 11.5. The molecule has 30 heavy (non-hydrogen) atoms. The number of benzene rings is 3. The van der Waals surface area contributed by atoms with Gasteiger partial charge >= 0.3 is 5.97 Å². The quantitative estimate of drug-likeness (QED) is 0.319. The summed E-state index contributed by atoms with van der Waals surface area (Å²) in [5.74, 6) is 0.101. The van der Waals surface area contributed by atoms with Gasteiger partial charge in [0.25, 0.3) is 10.0 Å². The molecule has 1 aromatic heterocycles. The van der Waals surface area contributed by atoms with Crippen LogP contribution < -0.4 is 4.74 Å². The van der Waals surface area contributed by atoms with E-state index in [2.05, 4.69) is 0 Å². The van der Waals surface area contributed by atoms with Gasteiger partial charge in [0.15, 0.2) is 0 Å². The first-order chi connectivity index (χ1) is 14.5. The number of hydrogen-bond donors (Lipinski definition) is 0. The van der Waals surface area contributed by atoms with Crippen LogP contribution in [0.4, 0.5) is 0 Å². The average Bonchev–Trinajstić information content (AvgIpc) is 3.19. The van der Waals surface area contributed by atoms with Crippen molar-refractivity contribution in [2.24, 2.45) is 0 Å². The molecule has 0 spiro atoms. The smallest absolute Gasteiger partial charge is 0.311 e. The maximum absolute atomic E-state index is 12.9. The molecule has 0 unspecified atom stereocenters. The highest BCUT2D eigenvalue weighted by Crippen LogP contribution is 2.26. The van der Waals surface area contributed by atoms with Gasteiger partial charge in [0.2, 0.25) is 0 Å². The number of ether oxygens (including phenoxy) is 1. The molecular formula is C24H21NO4S. The van der Waals surface area contributed by atoms with Gasteiger partial charge in [-0.1, -0.05) is 48.5 Å². The molecular weight excluding hydrogens is 398 g/mol. The summed E-state index contributed by atoms with van der Waals surface area (Å²) in [5, 5.41) is 0.684. The minimum Gasteiger partial charge on any atom is -0.427 e. The van der Waals surface area contributed by atoms with Crippen molar-refractivity contribution in [3.63, 3.8) is 0 Å². The topological polar surface area (TPSA) is 65.4 Å². The van der Waals surface area contributed by atoms with Gasteiger partial charge in [0.05, 0.1) is 10.4 Å². The fraction of sp³-hybridized carbons (Fsp3) is 0.125. The van der Waals surface area contributed by atoms with E-state index in [9.17, 15) is 13.2 Å². The van der Waals surface area contributed by atoms with Crippen LogP contribution in [0.2, 0.25) is 0 Å². The number of nitrogens with zero attached hydrogens (tertiary/aromatic N) is 1. The van der Waals surface area contributed by atoms with Crippen molar-refractivity contribution in [1.29, 1.82) is 0 Å². The molecule has 4 aromatic rings. The molecule has 0 fully saturated rings. The number of aromatic nitrogens is 1. The number of rotatable bonds is 7. The van der Waals surface area contributed by atoms with Crippen LogP contribution >= 0.6 is 0 Å². The van der Waals surface area contributed by atoms with Crippen molar-refractivity contribution in [3.05, 3.63) is 96.7 Å². The van der Waals surface area contributed by atoms with E-state index in [-0.39, 0.29) is 10.9 Å². The lowest BCUT2D eigenvalue weighted by Crippen LogP contribution is -2.11. The fourth-order valence-corrected chi connectivity index (χ4v) is 4.71. The van der Waals surface area contributed by atoms with Crippen LogP contribution in [0.1, 0.15) is 18.4 Å². The van der Waals surface area contributed by atoms with Crippen LogP contribution in [0.5, 0.6) is 5.75 Å². The molecule has 1 heterocycles. The summed E-state index contributed by atoms with van der Waals surface area (Å²) in [6.07, 6.45) is 3.35. The monoisotopic (exact) mass is 419 g/mol. The number of hydrogen-bond acceptors (Lipinski definition) is 4. The molecule has 0 aliphatic heterocycles. The van der Waals surface area contributed by atoms with Crippen molar-refractivity contribution in [2.75, 3.05) is 0 Å². The summed E-state index contributed by atoms with van der Waals surface area (Å²) in [6, 6.07) is 24.9. The average molecular weight is 420 g/mol. The van der Waals surface area contributed by atoms with Gasteiger partial charge in [-0.2, -0.15) is 0 Å². The first kappa shape index (κ1) is 19.9. The van der Waals surface area contributed by atoms with Crippen molar-refractivity contribution in [3.8, 4) is 5.75 Å². The summed E-state index contributed by atoms with van der Waals surface area (Å²) in [6.45, 7) is 0. The van der Waals surface area contributed by atoms with E-state index in [4.69, 9.17) is 4.74 Å². The highest BCUT2D eigenvalue weighted by atomic mass is 32.2. The van der Waals surface area contributed by atoms with E-state index in [0.29, 0.717) is 29.5 Å². The van der Waals surface area contributed by atoms with Gasteiger partial charge in [-0.05, 0) is 54.8 Å². The second kappa shape index (κ2) is 8.55. The number of carbonyl (C=O) groups is 1. The van der Waals surface area contributed by atoms with E-state index < -0.39 is 10.0 Å². The Morgan fingerprint density at radius 1 is 0.867 bits per heavy atom. The molecule has 0 aliphatic rings.